The Morgan fingerprint density at radius 1 is 1.14 bits per heavy atom. The number of benzene rings is 2. The van der Waals surface area contributed by atoms with Gasteiger partial charge < -0.3 is 20.1 Å². The first kappa shape index (κ1) is 18.3. The van der Waals surface area contributed by atoms with Crippen LogP contribution in [0.3, 0.4) is 0 Å². The highest BCUT2D eigenvalue weighted by atomic mass is 16.5. The molecule has 7 nitrogen and oxygen atoms in total. The molecule has 28 heavy (non-hydrogen) atoms. The monoisotopic (exact) mass is 382 g/mol. The lowest BCUT2D eigenvalue weighted by Crippen LogP contribution is -2.44. The lowest BCUT2D eigenvalue weighted by Gasteiger charge is -2.40. The molecule has 3 N–H and O–H groups in total. The van der Waals surface area contributed by atoms with Crippen molar-refractivity contribution >= 4 is 17.5 Å². The van der Waals surface area contributed by atoms with Crippen LogP contribution in [0.1, 0.15) is 68.3 Å². The van der Waals surface area contributed by atoms with Crippen molar-refractivity contribution in [1.29, 1.82) is 0 Å². The smallest absolute Gasteiger partial charge is 0.316 e. The minimum absolute atomic E-state index is 0.0405. The predicted molar refractivity (Wildman–Crippen MR) is 96.4 cm³/mol. The molecule has 1 unspecified atom stereocenters. The van der Waals surface area contributed by atoms with Crippen molar-refractivity contribution in [3.8, 4) is 5.75 Å². The number of phenols is 1. The molecule has 0 amide bonds. The number of aliphatic hydroxyl groups is 2. The fraction of sp³-hybridized carbons (Fsp3) is 0.286. The first-order valence-electron chi connectivity index (χ1n) is 8.75. The highest BCUT2D eigenvalue weighted by Gasteiger charge is 2.49. The van der Waals surface area contributed by atoms with Crippen LogP contribution in [-0.4, -0.2) is 45.6 Å². The third-order valence-corrected chi connectivity index (χ3v) is 5.57. The van der Waals surface area contributed by atoms with Gasteiger partial charge in [0.2, 0.25) is 0 Å². The first-order chi connectivity index (χ1) is 13.2. The van der Waals surface area contributed by atoms with Crippen LogP contribution in [0.25, 0.3) is 0 Å². The Bertz CT molecular complexity index is 1050. The van der Waals surface area contributed by atoms with E-state index >= 15 is 0 Å². The Labute approximate surface area is 160 Å². The van der Waals surface area contributed by atoms with Crippen LogP contribution in [0.15, 0.2) is 30.3 Å². The number of ether oxygens (including phenoxy) is 1. The summed E-state index contributed by atoms with van der Waals surface area (Å²) < 4.78 is 4.79. The fourth-order valence-corrected chi connectivity index (χ4v) is 4.31. The molecule has 0 bridgehead atoms. The van der Waals surface area contributed by atoms with E-state index < -0.39 is 40.9 Å². The molecule has 0 saturated carbocycles. The Morgan fingerprint density at radius 2 is 1.75 bits per heavy atom. The van der Waals surface area contributed by atoms with Gasteiger partial charge in [-0.15, -0.1) is 0 Å². The average molecular weight is 382 g/mol. The Morgan fingerprint density at radius 3 is 2.36 bits per heavy atom. The number of carbonyl (C=O) groups is 3. The topological polar surface area (TPSA) is 121 Å². The van der Waals surface area contributed by atoms with Gasteiger partial charge in [-0.25, -0.2) is 0 Å². The second kappa shape index (κ2) is 5.98. The SMILES string of the molecule is COC(=O)[C@@H]1c2cc3c(c(O)c2C(O)C[C@@]1(C)O)C(=O)c1ccccc1C3=O. The Balaban J connectivity index is 2.04. The maximum Gasteiger partial charge on any atom is 0.316 e. The van der Waals surface area contributed by atoms with E-state index in [0.717, 1.165) is 7.11 Å². The molecule has 144 valence electrons. The van der Waals surface area contributed by atoms with Crippen molar-refractivity contribution in [2.24, 2.45) is 0 Å². The number of phenolic OH excluding ortho intramolecular Hbond substituents is 1. The Hall–Kier alpha value is -3.03. The van der Waals surface area contributed by atoms with E-state index in [9.17, 15) is 29.7 Å². The fourth-order valence-electron chi connectivity index (χ4n) is 4.31. The van der Waals surface area contributed by atoms with Crippen molar-refractivity contribution in [3.63, 3.8) is 0 Å². The molecule has 0 saturated heterocycles. The van der Waals surface area contributed by atoms with Gasteiger partial charge in [-0.05, 0) is 18.6 Å². The highest BCUT2D eigenvalue weighted by Crippen LogP contribution is 2.50. The van der Waals surface area contributed by atoms with E-state index in [1.807, 2.05) is 0 Å². The molecule has 0 spiro atoms. The van der Waals surface area contributed by atoms with Crippen molar-refractivity contribution in [3.05, 3.63) is 63.7 Å². The van der Waals surface area contributed by atoms with Crippen LogP contribution in [0.5, 0.6) is 5.75 Å². The standard InChI is InChI=1S/C21H18O7/c1-21(27)8-13(22)14-11(16(21)20(26)28-2)7-12-15(19(14)25)18(24)10-6-4-3-5-9(10)17(12)23/h3-7,13,16,22,25,27H,8H2,1-2H3/t13?,16-,21+/m0/s1. The zero-order valence-corrected chi connectivity index (χ0v) is 15.2. The first-order valence-corrected chi connectivity index (χ1v) is 8.75. The van der Waals surface area contributed by atoms with Gasteiger partial charge in [0, 0.05) is 28.7 Å². The molecule has 0 radical (unpaired) electrons. The Kier molecular flexibility index (Phi) is 3.92. The number of aliphatic hydroxyl groups excluding tert-OH is 1. The van der Waals surface area contributed by atoms with Crippen molar-refractivity contribution < 1.29 is 34.4 Å². The third-order valence-electron chi connectivity index (χ3n) is 5.57. The summed E-state index contributed by atoms with van der Waals surface area (Å²) in [5.74, 6) is -3.56. The number of ketones is 2. The number of esters is 1. The van der Waals surface area contributed by atoms with Gasteiger partial charge in [0.15, 0.2) is 11.6 Å². The molecule has 2 aliphatic carbocycles. The van der Waals surface area contributed by atoms with E-state index in [2.05, 4.69) is 0 Å². The third kappa shape index (κ3) is 2.33. The molecule has 2 aliphatic rings. The number of hydrogen-bond donors (Lipinski definition) is 3. The summed E-state index contributed by atoms with van der Waals surface area (Å²) in [5.41, 5.74) is -1.55. The van der Waals surface area contributed by atoms with Crippen LogP contribution in [0.4, 0.5) is 0 Å². The average Bonchev–Trinajstić information content (AvgIpc) is 2.64. The van der Waals surface area contributed by atoms with Crippen LogP contribution in [-0.2, 0) is 9.53 Å². The normalized spacial score (nSPS) is 25.6. The number of hydrogen-bond acceptors (Lipinski definition) is 7. The molecule has 4 rings (SSSR count). The molecule has 0 aromatic heterocycles. The summed E-state index contributed by atoms with van der Waals surface area (Å²) in [6, 6.07) is 7.55. The lowest BCUT2D eigenvalue weighted by molar-refractivity contribution is -0.151. The molecule has 3 atom stereocenters. The minimum atomic E-state index is -1.67. The van der Waals surface area contributed by atoms with E-state index in [4.69, 9.17) is 4.74 Å². The summed E-state index contributed by atoms with van der Waals surface area (Å²) in [5, 5.41) is 32.1. The minimum Gasteiger partial charge on any atom is -0.507 e. The predicted octanol–water partition coefficient (Wildman–Crippen LogP) is 1.61. The van der Waals surface area contributed by atoms with Crippen molar-refractivity contribution in [1.82, 2.24) is 0 Å². The van der Waals surface area contributed by atoms with E-state index in [0.29, 0.717) is 0 Å². The zero-order chi connectivity index (χ0) is 20.4. The number of aromatic hydroxyl groups is 1. The summed E-state index contributed by atoms with van der Waals surface area (Å²) in [6.45, 7) is 1.37. The van der Waals surface area contributed by atoms with Crippen LogP contribution >= 0.6 is 0 Å². The van der Waals surface area contributed by atoms with Gasteiger partial charge >= 0.3 is 5.97 Å². The van der Waals surface area contributed by atoms with Crippen molar-refractivity contribution in [2.45, 2.75) is 31.0 Å². The van der Waals surface area contributed by atoms with E-state index in [1.54, 1.807) is 12.1 Å². The number of fused-ring (bicyclic) bond motifs is 3. The molecule has 7 heteroatoms. The van der Waals surface area contributed by atoms with Gasteiger partial charge in [0.25, 0.3) is 0 Å². The highest BCUT2D eigenvalue weighted by molar-refractivity contribution is 6.29. The number of methoxy groups -OCH3 is 1. The van der Waals surface area contributed by atoms with Gasteiger partial charge in [0.1, 0.15) is 11.7 Å². The molecule has 0 aliphatic heterocycles. The largest absolute Gasteiger partial charge is 0.507 e. The van der Waals surface area contributed by atoms with Gasteiger partial charge in [-0.3, -0.25) is 14.4 Å². The van der Waals surface area contributed by atoms with Gasteiger partial charge in [-0.2, -0.15) is 0 Å². The van der Waals surface area contributed by atoms with Gasteiger partial charge in [-0.1, -0.05) is 24.3 Å². The summed E-state index contributed by atoms with van der Waals surface area (Å²) in [7, 11) is 1.16. The second-order valence-electron chi connectivity index (χ2n) is 7.39. The summed E-state index contributed by atoms with van der Waals surface area (Å²) in [6.07, 6.45) is -1.57. The van der Waals surface area contributed by atoms with Gasteiger partial charge in [0.05, 0.1) is 24.4 Å². The quantitative estimate of drug-likeness (QED) is 0.547. The zero-order valence-electron chi connectivity index (χ0n) is 15.2. The van der Waals surface area contributed by atoms with Crippen LogP contribution < -0.4 is 0 Å². The summed E-state index contributed by atoms with van der Waals surface area (Å²) in [4.78, 5) is 38.3. The molecular weight excluding hydrogens is 364 g/mol. The molecule has 2 aromatic rings. The van der Waals surface area contributed by atoms with E-state index in [-0.39, 0.29) is 39.8 Å². The second-order valence-corrected chi connectivity index (χ2v) is 7.39. The lowest BCUT2D eigenvalue weighted by atomic mass is 9.68. The molecular formula is C21H18O7. The summed E-state index contributed by atoms with van der Waals surface area (Å²) >= 11 is 0. The molecule has 2 aromatic carbocycles. The maximum atomic E-state index is 13.0. The number of carbonyl (C=O) groups excluding carboxylic acids is 3. The van der Waals surface area contributed by atoms with Crippen molar-refractivity contribution in [2.75, 3.05) is 7.11 Å². The van der Waals surface area contributed by atoms with E-state index in [1.165, 1.54) is 25.1 Å². The number of rotatable bonds is 1. The van der Waals surface area contributed by atoms with Crippen LogP contribution in [0, 0.1) is 0 Å². The van der Waals surface area contributed by atoms with Crippen LogP contribution in [0.2, 0.25) is 0 Å². The molecule has 0 heterocycles. The molecule has 0 fully saturated rings. The maximum absolute atomic E-state index is 13.0.